The maximum atomic E-state index is 13.0. The van der Waals surface area contributed by atoms with E-state index in [0.29, 0.717) is 61.2 Å². The van der Waals surface area contributed by atoms with E-state index < -0.39 is 10.0 Å². The number of piperazine rings is 1. The second-order valence-corrected chi connectivity index (χ2v) is 11.9. The van der Waals surface area contributed by atoms with E-state index in [0.717, 1.165) is 11.1 Å². The lowest BCUT2D eigenvalue weighted by Crippen LogP contribution is -2.53. The first kappa shape index (κ1) is 24.9. The average Bonchev–Trinajstić information content (AvgIpc) is 3.59. The molecule has 1 atom stereocenters. The molecule has 0 spiro atoms. The minimum absolute atomic E-state index is 0.00978. The van der Waals surface area contributed by atoms with E-state index in [1.54, 1.807) is 36.3 Å². The predicted molar refractivity (Wildman–Crippen MR) is 137 cm³/mol. The van der Waals surface area contributed by atoms with Crippen molar-refractivity contribution < 1.29 is 17.6 Å². The average molecular weight is 516 g/mol. The fourth-order valence-corrected chi connectivity index (χ4v) is 6.07. The number of aryl methyl sites for hydroxylation is 1. The number of furan rings is 1. The van der Waals surface area contributed by atoms with Gasteiger partial charge in [0.05, 0.1) is 30.5 Å². The highest BCUT2D eigenvalue weighted by molar-refractivity contribution is 7.89. The van der Waals surface area contributed by atoms with Gasteiger partial charge in [0.15, 0.2) is 0 Å². The van der Waals surface area contributed by atoms with Gasteiger partial charge < -0.3 is 19.5 Å². The van der Waals surface area contributed by atoms with E-state index in [1.165, 1.54) is 17.1 Å². The van der Waals surface area contributed by atoms with Gasteiger partial charge in [-0.05, 0) is 37.8 Å². The minimum Gasteiger partial charge on any atom is -0.491 e. The van der Waals surface area contributed by atoms with Gasteiger partial charge in [0.25, 0.3) is 5.56 Å². The highest BCUT2D eigenvalue weighted by Gasteiger charge is 2.31. The summed E-state index contributed by atoms with van der Waals surface area (Å²) in [5, 5.41) is 0.506. The van der Waals surface area contributed by atoms with Crippen molar-refractivity contribution >= 4 is 21.0 Å². The van der Waals surface area contributed by atoms with Gasteiger partial charge in [0, 0.05) is 62.8 Å². The molecule has 2 aliphatic rings. The standard InChI is InChI=1S/C25H33N5O5S/c1-17-13-30(36(32,33)10-6-26)9-8-29(17)14-19-11-21-24(35-19)22(15-28(2)25(21)31)20-5-7-27-12-23(20)34-16-18-3-4-18/h5,7,11-12,15,17-18H,3-4,6,8-10,13-14,16,26H2,1-2H3. The van der Waals surface area contributed by atoms with Crippen LogP contribution in [0.2, 0.25) is 0 Å². The zero-order chi connectivity index (χ0) is 25.4. The van der Waals surface area contributed by atoms with Crippen LogP contribution in [0, 0.1) is 5.92 Å². The molecule has 0 radical (unpaired) electrons. The van der Waals surface area contributed by atoms with Crippen LogP contribution >= 0.6 is 0 Å². The largest absolute Gasteiger partial charge is 0.491 e. The van der Waals surface area contributed by atoms with E-state index in [4.69, 9.17) is 14.9 Å². The Morgan fingerprint density at radius 1 is 1.25 bits per heavy atom. The summed E-state index contributed by atoms with van der Waals surface area (Å²) in [6, 6.07) is 3.67. The molecular formula is C25H33N5O5S. The monoisotopic (exact) mass is 515 g/mol. The normalized spacial score (nSPS) is 19.7. The van der Waals surface area contributed by atoms with E-state index >= 15 is 0 Å². The maximum Gasteiger partial charge on any atom is 0.261 e. The van der Waals surface area contributed by atoms with Crippen molar-refractivity contribution in [3.63, 3.8) is 0 Å². The van der Waals surface area contributed by atoms with Gasteiger partial charge in [0.2, 0.25) is 10.0 Å². The molecule has 4 heterocycles. The number of fused-ring (bicyclic) bond motifs is 1. The predicted octanol–water partition coefficient (Wildman–Crippen LogP) is 1.78. The van der Waals surface area contributed by atoms with Crippen LogP contribution in [0.1, 0.15) is 25.5 Å². The highest BCUT2D eigenvalue weighted by atomic mass is 32.2. The summed E-state index contributed by atoms with van der Waals surface area (Å²) in [7, 11) is -1.61. The van der Waals surface area contributed by atoms with E-state index in [2.05, 4.69) is 9.88 Å². The molecule has 11 heteroatoms. The third kappa shape index (κ3) is 5.06. The Labute approximate surface area is 210 Å². The minimum atomic E-state index is -3.34. The molecule has 1 aliphatic heterocycles. The van der Waals surface area contributed by atoms with Crippen molar-refractivity contribution in [3.05, 3.63) is 46.8 Å². The molecule has 1 unspecified atom stereocenters. The summed E-state index contributed by atoms with van der Waals surface area (Å²) in [6.07, 6.45) is 7.57. The van der Waals surface area contributed by atoms with Crippen LogP contribution in [-0.4, -0.2) is 71.8 Å². The van der Waals surface area contributed by atoms with Gasteiger partial charge in [-0.15, -0.1) is 0 Å². The van der Waals surface area contributed by atoms with E-state index in [1.807, 2.05) is 13.0 Å². The third-order valence-electron chi connectivity index (χ3n) is 7.00. The van der Waals surface area contributed by atoms with Gasteiger partial charge in [-0.3, -0.25) is 14.7 Å². The topological polar surface area (TPSA) is 124 Å². The Balaban J connectivity index is 1.42. The number of hydrogen-bond acceptors (Lipinski definition) is 8. The molecule has 194 valence electrons. The number of rotatable bonds is 9. The summed E-state index contributed by atoms with van der Waals surface area (Å²) in [5.41, 5.74) is 7.47. The fourth-order valence-electron chi connectivity index (χ4n) is 4.71. The van der Waals surface area contributed by atoms with Crippen LogP contribution in [0.5, 0.6) is 5.75 Å². The number of aromatic nitrogens is 2. The number of nitrogens with zero attached hydrogens (tertiary/aromatic N) is 4. The lowest BCUT2D eigenvalue weighted by Gasteiger charge is -2.38. The second-order valence-electron chi connectivity index (χ2n) is 9.82. The van der Waals surface area contributed by atoms with Crippen LogP contribution in [0.15, 0.2) is 39.9 Å². The molecule has 2 N–H and O–H groups in total. The summed E-state index contributed by atoms with van der Waals surface area (Å²) in [4.78, 5) is 19.4. The lowest BCUT2D eigenvalue weighted by molar-refractivity contribution is 0.114. The molecule has 1 aliphatic carbocycles. The first-order chi connectivity index (χ1) is 17.3. The maximum absolute atomic E-state index is 13.0. The van der Waals surface area contributed by atoms with Gasteiger partial charge in [0.1, 0.15) is 17.1 Å². The number of hydrogen-bond donors (Lipinski definition) is 1. The number of sulfonamides is 1. The quantitative estimate of drug-likeness (QED) is 0.457. The number of nitrogens with two attached hydrogens (primary N) is 1. The van der Waals surface area contributed by atoms with Crippen molar-refractivity contribution in [2.75, 3.05) is 38.5 Å². The summed E-state index contributed by atoms with van der Waals surface area (Å²) in [6.45, 7) is 4.60. The molecule has 0 bridgehead atoms. The van der Waals surface area contributed by atoms with E-state index in [9.17, 15) is 13.2 Å². The molecular weight excluding hydrogens is 482 g/mol. The van der Waals surface area contributed by atoms with Crippen LogP contribution in [-0.2, 0) is 23.6 Å². The molecule has 3 aromatic heterocycles. The summed E-state index contributed by atoms with van der Waals surface area (Å²) < 4.78 is 40.3. The SMILES string of the molecule is CC1CN(S(=O)(=O)CCN)CCN1Cc1cc2c(=O)n(C)cc(-c3ccncc3OCC3CC3)c2o1. The van der Waals surface area contributed by atoms with Gasteiger partial charge in [-0.25, -0.2) is 8.42 Å². The molecule has 0 aromatic carbocycles. The smallest absolute Gasteiger partial charge is 0.261 e. The number of pyridine rings is 2. The van der Waals surface area contributed by atoms with E-state index in [-0.39, 0.29) is 23.9 Å². The summed E-state index contributed by atoms with van der Waals surface area (Å²) in [5.74, 6) is 1.89. The Kier molecular flexibility index (Phi) is 6.90. The van der Waals surface area contributed by atoms with Crippen molar-refractivity contribution in [2.24, 2.45) is 18.7 Å². The lowest BCUT2D eigenvalue weighted by atomic mass is 10.1. The highest BCUT2D eigenvalue weighted by Crippen LogP contribution is 2.36. The Hall–Kier alpha value is -2.73. The molecule has 1 saturated heterocycles. The van der Waals surface area contributed by atoms with Crippen molar-refractivity contribution in [1.29, 1.82) is 0 Å². The third-order valence-corrected chi connectivity index (χ3v) is 8.87. The molecule has 10 nitrogen and oxygen atoms in total. The Morgan fingerprint density at radius 3 is 2.78 bits per heavy atom. The zero-order valence-electron chi connectivity index (χ0n) is 20.7. The first-order valence-electron chi connectivity index (χ1n) is 12.4. The molecule has 1 saturated carbocycles. The van der Waals surface area contributed by atoms with Crippen molar-refractivity contribution in [2.45, 2.75) is 32.4 Å². The Morgan fingerprint density at radius 2 is 2.06 bits per heavy atom. The molecule has 0 amide bonds. The molecule has 3 aromatic rings. The fraction of sp³-hybridized carbons (Fsp3) is 0.520. The van der Waals surface area contributed by atoms with Crippen molar-refractivity contribution in [1.82, 2.24) is 18.8 Å². The van der Waals surface area contributed by atoms with Crippen LogP contribution < -0.4 is 16.0 Å². The number of ether oxygens (including phenoxy) is 1. The summed E-state index contributed by atoms with van der Waals surface area (Å²) >= 11 is 0. The Bertz CT molecular complexity index is 1410. The first-order valence-corrected chi connectivity index (χ1v) is 14.0. The van der Waals surface area contributed by atoms with Crippen molar-refractivity contribution in [3.8, 4) is 16.9 Å². The van der Waals surface area contributed by atoms with Crippen LogP contribution in [0.3, 0.4) is 0 Å². The van der Waals surface area contributed by atoms with Gasteiger partial charge >= 0.3 is 0 Å². The van der Waals surface area contributed by atoms with Gasteiger partial charge in [-0.1, -0.05) is 0 Å². The second kappa shape index (κ2) is 9.97. The molecule has 5 rings (SSSR count). The van der Waals surface area contributed by atoms with Gasteiger partial charge in [-0.2, -0.15) is 4.31 Å². The molecule has 2 fully saturated rings. The zero-order valence-corrected chi connectivity index (χ0v) is 21.5. The molecule has 36 heavy (non-hydrogen) atoms. The van der Waals surface area contributed by atoms with Crippen LogP contribution in [0.4, 0.5) is 0 Å². The van der Waals surface area contributed by atoms with Crippen LogP contribution in [0.25, 0.3) is 22.1 Å².